The number of nitrogen functional groups attached to an aromatic ring is 1. The van der Waals surface area contributed by atoms with Crippen LogP contribution in [-0.2, 0) is 0 Å². The summed E-state index contributed by atoms with van der Waals surface area (Å²) in [5.74, 6) is 0.462. The summed E-state index contributed by atoms with van der Waals surface area (Å²) in [6, 6.07) is 11.7. The number of aromatic carboxylic acids is 1. The number of nitrogens with two attached hydrogens (primary N) is 1. The van der Waals surface area contributed by atoms with Crippen LogP contribution in [0, 0.1) is 0 Å². The van der Waals surface area contributed by atoms with Gasteiger partial charge in [0.05, 0.1) is 5.56 Å². The zero-order valence-corrected chi connectivity index (χ0v) is 12.5. The van der Waals surface area contributed by atoms with E-state index in [2.05, 4.69) is 25.6 Å². The Kier molecular flexibility index (Phi) is 4.19. The molecule has 3 aromatic rings. The molecule has 0 aliphatic heterocycles. The van der Waals surface area contributed by atoms with E-state index in [0.29, 0.717) is 28.8 Å². The molecule has 0 aliphatic carbocycles. The fourth-order valence-corrected chi connectivity index (χ4v) is 1.99. The van der Waals surface area contributed by atoms with Crippen molar-refractivity contribution in [2.75, 3.05) is 16.4 Å². The number of aromatic nitrogens is 3. The molecule has 0 amide bonds. The lowest BCUT2D eigenvalue weighted by molar-refractivity contribution is 0.0697. The minimum Gasteiger partial charge on any atom is -0.478 e. The first-order valence-corrected chi connectivity index (χ1v) is 7.02. The second-order valence-corrected chi connectivity index (χ2v) is 4.83. The number of rotatable bonds is 5. The molecule has 0 aliphatic rings. The Labute approximate surface area is 137 Å². The highest BCUT2D eigenvalue weighted by molar-refractivity contribution is 5.88. The third-order valence-electron chi connectivity index (χ3n) is 3.19. The van der Waals surface area contributed by atoms with Crippen molar-refractivity contribution in [1.29, 1.82) is 0 Å². The van der Waals surface area contributed by atoms with Crippen LogP contribution in [0.15, 0.2) is 55.0 Å². The lowest BCUT2D eigenvalue weighted by atomic mass is 10.2. The van der Waals surface area contributed by atoms with Gasteiger partial charge in [-0.1, -0.05) is 6.07 Å². The lowest BCUT2D eigenvalue weighted by Crippen LogP contribution is -2.06. The van der Waals surface area contributed by atoms with Gasteiger partial charge in [-0.25, -0.2) is 19.7 Å². The molecule has 8 nitrogen and oxygen atoms in total. The van der Waals surface area contributed by atoms with Crippen molar-refractivity contribution in [2.24, 2.45) is 0 Å². The van der Waals surface area contributed by atoms with E-state index in [-0.39, 0.29) is 5.56 Å². The number of pyridine rings is 1. The first-order chi connectivity index (χ1) is 11.6. The van der Waals surface area contributed by atoms with Gasteiger partial charge in [0.2, 0.25) is 0 Å². The summed E-state index contributed by atoms with van der Waals surface area (Å²) in [5.41, 5.74) is 7.27. The number of anilines is 5. The van der Waals surface area contributed by atoms with E-state index < -0.39 is 5.97 Å². The van der Waals surface area contributed by atoms with Crippen LogP contribution in [0.25, 0.3) is 0 Å². The fourth-order valence-electron chi connectivity index (χ4n) is 1.99. The normalized spacial score (nSPS) is 10.2. The fraction of sp³-hybridized carbons (Fsp3) is 0. The summed E-state index contributed by atoms with van der Waals surface area (Å²) in [7, 11) is 0. The third kappa shape index (κ3) is 3.38. The van der Waals surface area contributed by atoms with E-state index in [1.165, 1.54) is 18.5 Å². The van der Waals surface area contributed by atoms with Crippen LogP contribution < -0.4 is 16.4 Å². The number of carboxylic acid groups (broad SMARTS) is 1. The molecule has 0 atom stereocenters. The summed E-state index contributed by atoms with van der Waals surface area (Å²) >= 11 is 0. The maximum absolute atomic E-state index is 10.9. The van der Waals surface area contributed by atoms with Crippen molar-refractivity contribution in [3.05, 3.63) is 60.6 Å². The van der Waals surface area contributed by atoms with Crippen molar-refractivity contribution in [2.45, 2.75) is 0 Å². The second kappa shape index (κ2) is 6.61. The molecule has 0 spiro atoms. The van der Waals surface area contributed by atoms with Crippen molar-refractivity contribution < 1.29 is 9.90 Å². The van der Waals surface area contributed by atoms with E-state index in [4.69, 9.17) is 10.8 Å². The van der Waals surface area contributed by atoms with E-state index in [1.807, 2.05) is 12.1 Å². The zero-order valence-electron chi connectivity index (χ0n) is 12.5. The summed E-state index contributed by atoms with van der Waals surface area (Å²) in [4.78, 5) is 23.2. The number of benzene rings is 1. The van der Waals surface area contributed by atoms with E-state index in [9.17, 15) is 4.79 Å². The van der Waals surface area contributed by atoms with Crippen LogP contribution in [-0.4, -0.2) is 26.0 Å². The third-order valence-corrected chi connectivity index (χ3v) is 3.19. The van der Waals surface area contributed by atoms with E-state index >= 15 is 0 Å². The zero-order chi connectivity index (χ0) is 16.9. The Balaban J connectivity index is 1.81. The average Bonchev–Trinajstić information content (AvgIpc) is 2.60. The van der Waals surface area contributed by atoms with E-state index in [1.54, 1.807) is 24.4 Å². The van der Waals surface area contributed by atoms with Gasteiger partial charge in [-0.2, -0.15) is 0 Å². The molecule has 8 heteroatoms. The van der Waals surface area contributed by atoms with Crippen LogP contribution in [0.1, 0.15) is 10.4 Å². The highest BCUT2D eigenvalue weighted by atomic mass is 16.4. The molecule has 2 aromatic heterocycles. The van der Waals surface area contributed by atoms with Gasteiger partial charge in [0.25, 0.3) is 0 Å². The maximum Gasteiger partial charge on any atom is 0.335 e. The molecule has 0 bridgehead atoms. The first-order valence-electron chi connectivity index (χ1n) is 7.02. The van der Waals surface area contributed by atoms with Gasteiger partial charge in [-0.05, 0) is 36.4 Å². The minimum absolute atomic E-state index is 0.203. The number of hydrogen-bond donors (Lipinski definition) is 4. The van der Waals surface area contributed by atoms with Gasteiger partial charge in [0, 0.05) is 11.9 Å². The molecule has 1 aromatic carbocycles. The Morgan fingerprint density at radius 2 is 1.67 bits per heavy atom. The minimum atomic E-state index is -0.982. The van der Waals surface area contributed by atoms with Gasteiger partial charge < -0.3 is 21.5 Å². The molecule has 0 fully saturated rings. The van der Waals surface area contributed by atoms with Gasteiger partial charge >= 0.3 is 5.97 Å². The van der Waals surface area contributed by atoms with Crippen LogP contribution >= 0.6 is 0 Å². The quantitative estimate of drug-likeness (QED) is 0.565. The second-order valence-electron chi connectivity index (χ2n) is 4.83. The van der Waals surface area contributed by atoms with Crippen LogP contribution in [0.4, 0.5) is 28.8 Å². The summed E-state index contributed by atoms with van der Waals surface area (Å²) in [6.45, 7) is 0. The molecule has 0 unspecified atom stereocenters. The van der Waals surface area contributed by atoms with Gasteiger partial charge in [0.15, 0.2) is 11.6 Å². The van der Waals surface area contributed by atoms with Crippen molar-refractivity contribution >= 4 is 34.8 Å². The topological polar surface area (TPSA) is 126 Å². The summed E-state index contributed by atoms with van der Waals surface area (Å²) in [6.07, 6.45) is 3.03. The Hall–Kier alpha value is -3.68. The molecule has 0 radical (unpaired) electrons. The molecular weight excluding hydrogens is 308 g/mol. The van der Waals surface area contributed by atoms with Gasteiger partial charge in [-0.15, -0.1) is 0 Å². The predicted molar refractivity (Wildman–Crippen MR) is 90.6 cm³/mol. The highest BCUT2D eigenvalue weighted by Crippen LogP contribution is 2.27. The number of hydrogen-bond acceptors (Lipinski definition) is 7. The van der Waals surface area contributed by atoms with Crippen LogP contribution in [0.2, 0.25) is 0 Å². The number of nitrogens with zero attached hydrogens (tertiary/aromatic N) is 3. The SMILES string of the molecule is Nc1c(Nc2ccc(C(=O)O)cc2)ncnc1Nc1ccccn1. The Morgan fingerprint density at radius 3 is 2.29 bits per heavy atom. The number of nitrogens with one attached hydrogen (secondary N) is 2. The summed E-state index contributed by atoms with van der Waals surface area (Å²) in [5, 5.41) is 15.0. The highest BCUT2D eigenvalue weighted by Gasteiger charge is 2.09. The predicted octanol–water partition coefficient (Wildman–Crippen LogP) is 2.64. The summed E-state index contributed by atoms with van der Waals surface area (Å²) < 4.78 is 0. The smallest absolute Gasteiger partial charge is 0.335 e. The molecule has 0 saturated heterocycles. The van der Waals surface area contributed by atoms with Crippen LogP contribution in [0.5, 0.6) is 0 Å². The average molecular weight is 322 g/mol. The molecule has 0 saturated carbocycles. The molecule has 24 heavy (non-hydrogen) atoms. The van der Waals surface area contributed by atoms with Crippen molar-refractivity contribution in [3.8, 4) is 0 Å². The Bertz CT molecular complexity index is 852. The molecule has 5 N–H and O–H groups in total. The van der Waals surface area contributed by atoms with Crippen molar-refractivity contribution in [3.63, 3.8) is 0 Å². The molecule has 2 heterocycles. The van der Waals surface area contributed by atoms with Gasteiger partial charge in [-0.3, -0.25) is 0 Å². The maximum atomic E-state index is 10.9. The number of carboxylic acids is 1. The molecular formula is C16H14N6O2. The number of carbonyl (C=O) groups is 1. The van der Waals surface area contributed by atoms with E-state index in [0.717, 1.165) is 0 Å². The largest absolute Gasteiger partial charge is 0.478 e. The molecule has 3 rings (SSSR count). The molecule has 120 valence electrons. The van der Waals surface area contributed by atoms with Crippen molar-refractivity contribution in [1.82, 2.24) is 15.0 Å². The lowest BCUT2D eigenvalue weighted by Gasteiger charge is -2.12. The van der Waals surface area contributed by atoms with Crippen LogP contribution in [0.3, 0.4) is 0 Å². The standard InChI is InChI=1S/C16H14N6O2/c17-13-14(21-11-6-4-10(5-7-11)16(23)24)19-9-20-15(13)22-12-3-1-2-8-18-12/h1-9H,17H2,(H,23,24)(H2,18,19,20,21,22). The first kappa shape index (κ1) is 15.2. The van der Waals surface area contributed by atoms with Gasteiger partial charge in [0.1, 0.15) is 17.8 Å². The Morgan fingerprint density at radius 1 is 0.958 bits per heavy atom. The monoisotopic (exact) mass is 322 g/mol.